The molecule has 158 valence electrons. The van der Waals surface area contributed by atoms with Crippen molar-refractivity contribution < 1.29 is 14.7 Å². The topological polar surface area (TPSA) is 114 Å². The molecule has 4 rings (SSSR count). The average molecular weight is 449 g/mol. The van der Waals surface area contributed by atoms with Crippen LogP contribution < -0.4 is 5.56 Å². The van der Waals surface area contributed by atoms with E-state index in [0.717, 1.165) is 5.56 Å². The summed E-state index contributed by atoms with van der Waals surface area (Å²) in [5.74, 6) is 0.436. The van der Waals surface area contributed by atoms with E-state index in [-0.39, 0.29) is 42.2 Å². The Morgan fingerprint density at radius 2 is 2.10 bits per heavy atom. The van der Waals surface area contributed by atoms with Gasteiger partial charge in [0.15, 0.2) is 5.82 Å². The zero-order valence-electron chi connectivity index (χ0n) is 16.4. The maximum absolute atomic E-state index is 12.6. The second-order valence-electron chi connectivity index (χ2n) is 7.45. The Morgan fingerprint density at radius 3 is 2.80 bits per heavy atom. The van der Waals surface area contributed by atoms with Gasteiger partial charge in [-0.05, 0) is 30.2 Å². The standard InChI is InChI=1S/C20H21ClN4O4S/c1-11(10-26)15-8-22-25(19(27)12(15)2)9-17-23-16(24-29-17)7-20(28)18(30-20)13-3-5-14(21)6-4-13/h3-6,8,11,18,26,28H,7,9-10H2,1-2H3/t11-,18?,20-/m0/s1. The minimum absolute atomic E-state index is 0.0344. The molecule has 1 saturated heterocycles. The van der Waals surface area contributed by atoms with Crippen LogP contribution in [0.4, 0.5) is 0 Å². The summed E-state index contributed by atoms with van der Waals surface area (Å²) in [6.45, 7) is 3.51. The highest BCUT2D eigenvalue weighted by atomic mass is 35.5. The van der Waals surface area contributed by atoms with E-state index in [2.05, 4.69) is 15.2 Å². The molecule has 0 radical (unpaired) electrons. The van der Waals surface area contributed by atoms with Gasteiger partial charge in [-0.25, -0.2) is 4.68 Å². The second kappa shape index (κ2) is 8.14. The van der Waals surface area contributed by atoms with Crippen LogP contribution in [0.3, 0.4) is 0 Å². The molecule has 3 aromatic rings. The number of aliphatic hydroxyl groups excluding tert-OH is 1. The van der Waals surface area contributed by atoms with Gasteiger partial charge in [0.25, 0.3) is 5.56 Å². The van der Waals surface area contributed by atoms with Crippen LogP contribution in [0.1, 0.15) is 46.5 Å². The Bertz CT molecular complexity index is 1120. The summed E-state index contributed by atoms with van der Waals surface area (Å²) in [5, 5.41) is 28.7. The van der Waals surface area contributed by atoms with Crippen LogP contribution in [0.25, 0.3) is 0 Å². The Kier molecular flexibility index (Phi) is 5.71. The van der Waals surface area contributed by atoms with Gasteiger partial charge in [-0.2, -0.15) is 10.1 Å². The molecular weight excluding hydrogens is 428 g/mol. The first-order valence-corrected chi connectivity index (χ1v) is 10.7. The lowest BCUT2D eigenvalue weighted by Gasteiger charge is -2.12. The predicted molar refractivity (Wildman–Crippen MR) is 113 cm³/mol. The van der Waals surface area contributed by atoms with Gasteiger partial charge in [0, 0.05) is 23.1 Å². The van der Waals surface area contributed by atoms with E-state index in [1.54, 1.807) is 25.3 Å². The van der Waals surface area contributed by atoms with Crippen molar-refractivity contribution in [2.24, 2.45) is 0 Å². The lowest BCUT2D eigenvalue weighted by atomic mass is 10.0. The predicted octanol–water partition coefficient (Wildman–Crippen LogP) is 2.45. The summed E-state index contributed by atoms with van der Waals surface area (Å²) in [7, 11) is 0. The fourth-order valence-corrected chi connectivity index (χ4v) is 4.55. The van der Waals surface area contributed by atoms with E-state index >= 15 is 0 Å². The monoisotopic (exact) mass is 448 g/mol. The summed E-state index contributed by atoms with van der Waals surface area (Å²) in [6, 6.07) is 7.37. The molecule has 0 spiro atoms. The van der Waals surface area contributed by atoms with Gasteiger partial charge < -0.3 is 14.7 Å². The highest BCUT2D eigenvalue weighted by molar-refractivity contribution is 8.07. The van der Waals surface area contributed by atoms with Gasteiger partial charge in [0.05, 0.1) is 17.9 Å². The summed E-state index contributed by atoms with van der Waals surface area (Å²) < 4.78 is 6.50. The van der Waals surface area contributed by atoms with Gasteiger partial charge in [-0.1, -0.05) is 35.8 Å². The van der Waals surface area contributed by atoms with E-state index in [4.69, 9.17) is 16.1 Å². The quantitative estimate of drug-likeness (QED) is 0.530. The average Bonchev–Trinajstić information content (AvgIpc) is 3.19. The fourth-order valence-electron chi connectivity index (χ4n) is 3.36. The van der Waals surface area contributed by atoms with Crippen LogP contribution in [0.5, 0.6) is 0 Å². The number of halogens is 1. The van der Waals surface area contributed by atoms with Crippen molar-refractivity contribution in [2.45, 2.75) is 42.9 Å². The number of benzene rings is 1. The second-order valence-corrected chi connectivity index (χ2v) is 9.30. The van der Waals surface area contributed by atoms with Crippen LogP contribution in [-0.4, -0.2) is 41.7 Å². The van der Waals surface area contributed by atoms with Crippen molar-refractivity contribution in [2.75, 3.05) is 6.61 Å². The van der Waals surface area contributed by atoms with Gasteiger partial charge >= 0.3 is 0 Å². The molecule has 0 saturated carbocycles. The van der Waals surface area contributed by atoms with Gasteiger partial charge in [0.1, 0.15) is 11.5 Å². The molecule has 1 unspecified atom stereocenters. The van der Waals surface area contributed by atoms with Gasteiger partial charge in [-0.3, -0.25) is 4.79 Å². The molecule has 8 nitrogen and oxygen atoms in total. The molecule has 2 aromatic heterocycles. The highest BCUT2D eigenvalue weighted by Gasteiger charge is 2.56. The molecular formula is C20H21ClN4O4S. The van der Waals surface area contributed by atoms with Crippen molar-refractivity contribution in [3.05, 3.63) is 74.2 Å². The minimum atomic E-state index is -0.997. The summed E-state index contributed by atoms with van der Waals surface area (Å²) in [6.07, 6.45) is 1.80. The van der Waals surface area contributed by atoms with E-state index < -0.39 is 4.93 Å². The first-order chi connectivity index (χ1) is 14.3. The molecule has 0 bridgehead atoms. The van der Waals surface area contributed by atoms with Crippen LogP contribution in [0, 0.1) is 6.92 Å². The first kappa shape index (κ1) is 21.0. The van der Waals surface area contributed by atoms with Crippen molar-refractivity contribution in [1.82, 2.24) is 19.9 Å². The molecule has 30 heavy (non-hydrogen) atoms. The number of thioether (sulfide) groups is 1. The summed E-state index contributed by atoms with van der Waals surface area (Å²) >= 11 is 7.34. The molecule has 0 aliphatic carbocycles. The largest absolute Gasteiger partial charge is 0.396 e. The molecule has 3 atom stereocenters. The van der Waals surface area contributed by atoms with E-state index in [0.29, 0.717) is 22.0 Å². The third-order valence-corrected chi connectivity index (χ3v) is 6.87. The highest BCUT2D eigenvalue weighted by Crippen LogP contribution is 2.64. The van der Waals surface area contributed by atoms with Crippen LogP contribution in [0.2, 0.25) is 5.02 Å². The molecule has 10 heteroatoms. The minimum Gasteiger partial charge on any atom is -0.396 e. The number of hydrogen-bond acceptors (Lipinski definition) is 8. The molecule has 1 aliphatic heterocycles. The van der Waals surface area contributed by atoms with E-state index in [1.165, 1.54) is 16.4 Å². The van der Waals surface area contributed by atoms with Crippen molar-refractivity contribution in [3.8, 4) is 0 Å². The zero-order valence-corrected chi connectivity index (χ0v) is 18.0. The maximum Gasteiger partial charge on any atom is 0.270 e. The first-order valence-electron chi connectivity index (χ1n) is 9.45. The zero-order chi connectivity index (χ0) is 21.5. The molecule has 1 aromatic carbocycles. The SMILES string of the molecule is Cc1c([C@@H](C)CO)cnn(Cc2nc(C[C@]3(O)SC3c3ccc(Cl)cc3)no2)c1=O. The third-order valence-electron chi connectivity index (χ3n) is 5.18. The Labute approximate surface area is 181 Å². The van der Waals surface area contributed by atoms with Crippen molar-refractivity contribution in [3.63, 3.8) is 0 Å². The molecule has 2 N–H and O–H groups in total. The Balaban J connectivity index is 1.45. The van der Waals surface area contributed by atoms with Crippen molar-refractivity contribution >= 4 is 23.4 Å². The van der Waals surface area contributed by atoms with Crippen molar-refractivity contribution in [1.29, 1.82) is 0 Å². The smallest absolute Gasteiger partial charge is 0.270 e. The maximum atomic E-state index is 12.6. The lowest BCUT2D eigenvalue weighted by Crippen LogP contribution is -2.27. The Morgan fingerprint density at radius 1 is 1.37 bits per heavy atom. The lowest BCUT2D eigenvalue weighted by molar-refractivity contribution is 0.168. The van der Waals surface area contributed by atoms with Crippen LogP contribution in [-0.2, 0) is 13.0 Å². The normalized spacial score (nSPS) is 21.6. The number of rotatable bonds is 7. The number of aliphatic hydroxyl groups is 2. The fraction of sp³-hybridized carbons (Fsp3) is 0.400. The van der Waals surface area contributed by atoms with E-state index in [9.17, 15) is 15.0 Å². The van der Waals surface area contributed by atoms with Gasteiger partial charge in [-0.15, -0.1) is 11.8 Å². The molecule has 1 aliphatic rings. The van der Waals surface area contributed by atoms with Gasteiger partial charge in [0.2, 0.25) is 5.89 Å². The molecule has 1 fully saturated rings. The summed E-state index contributed by atoms with van der Waals surface area (Å²) in [4.78, 5) is 15.9. The number of hydrogen-bond donors (Lipinski definition) is 2. The van der Waals surface area contributed by atoms with Crippen LogP contribution >= 0.6 is 23.4 Å². The molecule has 0 amide bonds. The third kappa shape index (κ3) is 4.15. The molecule has 3 heterocycles. The number of aromatic nitrogens is 4. The van der Waals surface area contributed by atoms with Crippen LogP contribution in [0.15, 0.2) is 39.8 Å². The summed E-state index contributed by atoms with van der Waals surface area (Å²) in [5.41, 5.74) is 1.96. The van der Waals surface area contributed by atoms with E-state index in [1.807, 2.05) is 19.1 Å². The Hall–Kier alpha value is -2.20. The number of nitrogens with zero attached hydrogens (tertiary/aromatic N) is 4.